The predicted octanol–water partition coefficient (Wildman–Crippen LogP) is 3.66. The second-order valence-electron chi connectivity index (χ2n) is 7.47. The van der Waals surface area contributed by atoms with Crippen LogP contribution in [0.3, 0.4) is 0 Å². The number of rotatable bonds is 3. The summed E-state index contributed by atoms with van der Waals surface area (Å²) in [5.74, 6) is 0.793. The van der Waals surface area contributed by atoms with Crippen LogP contribution in [0.2, 0.25) is 5.02 Å². The Morgan fingerprint density at radius 1 is 1.12 bits per heavy atom. The lowest BCUT2D eigenvalue weighted by Crippen LogP contribution is -3.11. The van der Waals surface area contributed by atoms with Crippen LogP contribution in [-0.2, 0) is 6.54 Å². The fourth-order valence-corrected chi connectivity index (χ4v) is 4.09. The maximum atomic E-state index is 13.3. The molecule has 2 N–H and O–H groups in total. The number of quaternary nitrogens is 1. The molecule has 4 heteroatoms. The summed E-state index contributed by atoms with van der Waals surface area (Å²) < 4.78 is 0. The van der Waals surface area contributed by atoms with E-state index in [9.17, 15) is 4.79 Å². The van der Waals surface area contributed by atoms with Gasteiger partial charge in [-0.3, -0.25) is 4.79 Å². The van der Waals surface area contributed by atoms with Gasteiger partial charge < -0.3 is 9.88 Å². The highest BCUT2D eigenvalue weighted by molar-refractivity contribution is 6.31. The second-order valence-corrected chi connectivity index (χ2v) is 7.91. The Balaban J connectivity index is 1.85. The highest BCUT2D eigenvalue weighted by atomic mass is 35.5. The third-order valence-corrected chi connectivity index (χ3v) is 5.77. The molecule has 3 nitrogen and oxygen atoms in total. The lowest BCUT2D eigenvalue weighted by atomic mass is 9.97. The average molecular weight is 368 g/mol. The number of aromatic nitrogens is 1. The molecule has 0 bridgehead atoms. The van der Waals surface area contributed by atoms with Gasteiger partial charge in [-0.15, -0.1) is 0 Å². The number of fused-ring (bicyclic) bond motifs is 1. The number of hydrogen-bond acceptors (Lipinski definition) is 1. The Morgan fingerprint density at radius 2 is 1.85 bits per heavy atom. The van der Waals surface area contributed by atoms with Crippen molar-refractivity contribution in [3.05, 3.63) is 69.3 Å². The molecule has 134 valence electrons. The first-order valence-corrected chi connectivity index (χ1v) is 9.73. The van der Waals surface area contributed by atoms with E-state index in [0.29, 0.717) is 10.4 Å². The molecule has 0 unspecified atom stereocenters. The fourth-order valence-electron chi connectivity index (χ4n) is 3.92. The largest absolute Gasteiger partial charge is 0.354 e. The van der Waals surface area contributed by atoms with Crippen LogP contribution in [0.1, 0.15) is 25.3 Å². The quantitative estimate of drug-likeness (QED) is 0.728. The predicted molar refractivity (Wildman–Crippen MR) is 108 cm³/mol. The standard InChI is InChI=1S/C22H23ClN2O/c1-15-9-11-25(12-10-15)14-19-21(16-5-3-2-4-6-16)24-20-8-7-17(23)13-18(20)22(19)26/h2-8,13,15H,9-12,14H2,1H3,(H,24,26)/p+1. The molecule has 2 aromatic carbocycles. The number of hydrogen-bond donors (Lipinski definition) is 2. The minimum atomic E-state index is 0.103. The molecule has 0 amide bonds. The van der Waals surface area contributed by atoms with E-state index in [4.69, 9.17) is 11.6 Å². The van der Waals surface area contributed by atoms with Gasteiger partial charge in [0.1, 0.15) is 6.54 Å². The smallest absolute Gasteiger partial charge is 0.198 e. The fraction of sp³-hybridized carbons (Fsp3) is 0.318. The Kier molecular flexibility index (Phi) is 4.84. The molecular weight excluding hydrogens is 344 g/mol. The summed E-state index contributed by atoms with van der Waals surface area (Å²) in [5.41, 5.74) is 3.81. The average Bonchev–Trinajstić information content (AvgIpc) is 2.66. The highest BCUT2D eigenvalue weighted by Gasteiger charge is 2.23. The molecule has 1 aliphatic heterocycles. The number of pyridine rings is 1. The maximum Gasteiger partial charge on any atom is 0.198 e. The molecule has 4 rings (SSSR count). The molecule has 3 aromatic rings. The van der Waals surface area contributed by atoms with E-state index >= 15 is 0 Å². The van der Waals surface area contributed by atoms with E-state index in [2.05, 4.69) is 24.0 Å². The first-order chi connectivity index (χ1) is 12.6. The van der Waals surface area contributed by atoms with Crippen LogP contribution in [-0.4, -0.2) is 18.1 Å². The Bertz CT molecular complexity index is 973. The molecule has 1 aliphatic rings. The topological polar surface area (TPSA) is 37.3 Å². The number of piperidine rings is 1. The SMILES string of the molecule is CC1CC[NH+](Cc2c(-c3ccccc3)[nH]c3ccc(Cl)cc3c2=O)CC1. The zero-order valence-corrected chi connectivity index (χ0v) is 15.8. The number of H-pyrrole nitrogens is 1. The maximum absolute atomic E-state index is 13.3. The van der Waals surface area contributed by atoms with E-state index in [-0.39, 0.29) is 5.43 Å². The van der Waals surface area contributed by atoms with Crippen molar-refractivity contribution in [1.82, 2.24) is 4.98 Å². The van der Waals surface area contributed by atoms with Crippen molar-refractivity contribution < 1.29 is 4.90 Å². The third-order valence-electron chi connectivity index (χ3n) is 5.53. The summed E-state index contributed by atoms with van der Waals surface area (Å²) in [7, 11) is 0. The minimum Gasteiger partial charge on any atom is -0.354 e. The van der Waals surface area contributed by atoms with Gasteiger partial charge in [-0.05, 0) is 42.5 Å². The molecule has 1 saturated heterocycles. The molecule has 2 heterocycles. The van der Waals surface area contributed by atoms with Gasteiger partial charge in [0.25, 0.3) is 0 Å². The molecule has 0 saturated carbocycles. The Labute approximate surface area is 158 Å². The number of aromatic amines is 1. The third kappa shape index (κ3) is 3.42. The van der Waals surface area contributed by atoms with Crippen molar-refractivity contribution in [1.29, 1.82) is 0 Å². The van der Waals surface area contributed by atoms with Gasteiger partial charge in [0.15, 0.2) is 5.43 Å². The Hall–Kier alpha value is -2.10. The van der Waals surface area contributed by atoms with Crippen LogP contribution in [0.4, 0.5) is 0 Å². The number of likely N-dealkylation sites (tertiary alicyclic amines) is 1. The van der Waals surface area contributed by atoms with Crippen molar-refractivity contribution in [2.75, 3.05) is 13.1 Å². The normalized spacial score (nSPS) is 20.4. The van der Waals surface area contributed by atoms with Crippen LogP contribution < -0.4 is 10.3 Å². The van der Waals surface area contributed by atoms with Gasteiger partial charge in [-0.1, -0.05) is 48.9 Å². The summed E-state index contributed by atoms with van der Waals surface area (Å²) in [6.07, 6.45) is 2.46. The summed E-state index contributed by atoms with van der Waals surface area (Å²) in [5, 5.41) is 1.28. The lowest BCUT2D eigenvalue weighted by molar-refractivity contribution is -0.919. The van der Waals surface area contributed by atoms with Crippen molar-refractivity contribution in [2.24, 2.45) is 5.92 Å². The second kappa shape index (κ2) is 7.26. The van der Waals surface area contributed by atoms with E-state index in [1.54, 1.807) is 6.07 Å². The van der Waals surface area contributed by atoms with E-state index in [0.717, 1.165) is 47.9 Å². The molecule has 1 fully saturated rings. The number of benzene rings is 2. The van der Waals surface area contributed by atoms with Gasteiger partial charge in [0.2, 0.25) is 0 Å². The van der Waals surface area contributed by atoms with Gasteiger partial charge in [0.05, 0.1) is 24.3 Å². The van der Waals surface area contributed by atoms with E-state index in [1.807, 2.05) is 30.3 Å². The minimum absolute atomic E-state index is 0.103. The molecule has 0 atom stereocenters. The molecule has 0 aliphatic carbocycles. The summed E-state index contributed by atoms with van der Waals surface area (Å²) >= 11 is 6.15. The molecule has 26 heavy (non-hydrogen) atoms. The van der Waals surface area contributed by atoms with E-state index < -0.39 is 0 Å². The summed E-state index contributed by atoms with van der Waals surface area (Å²) in [6, 6.07) is 15.6. The van der Waals surface area contributed by atoms with Crippen molar-refractivity contribution >= 4 is 22.5 Å². The van der Waals surface area contributed by atoms with Crippen molar-refractivity contribution in [3.8, 4) is 11.3 Å². The molecule has 0 spiro atoms. The zero-order chi connectivity index (χ0) is 18.1. The van der Waals surface area contributed by atoms with Crippen LogP contribution in [0, 0.1) is 5.92 Å². The summed E-state index contributed by atoms with van der Waals surface area (Å²) in [4.78, 5) is 18.3. The first kappa shape index (κ1) is 17.3. The van der Waals surface area contributed by atoms with Crippen LogP contribution in [0.15, 0.2) is 53.3 Å². The number of halogens is 1. The van der Waals surface area contributed by atoms with E-state index in [1.165, 1.54) is 17.7 Å². The van der Waals surface area contributed by atoms with Gasteiger partial charge in [-0.2, -0.15) is 0 Å². The van der Waals surface area contributed by atoms with Crippen LogP contribution in [0.25, 0.3) is 22.2 Å². The first-order valence-electron chi connectivity index (χ1n) is 9.35. The molecule has 1 aromatic heterocycles. The number of nitrogens with one attached hydrogen (secondary N) is 2. The highest BCUT2D eigenvalue weighted by Crippen LogP contribution is 2.24. The monoisotopic (exact) mass is 367 g/mol. The Morgan fingerprint density at radius 3 is 2.58 bits per heavy atom. The van der Waals surface area contributed by atoms with Crippen LogP contribution in [0.5, 0.6) is 0 Å². The van der Waals surface area contributed by atoms with Gasteiger partial charge in [0, 0.05) is 15.9 Å². The van der Waals surface area contributed by atoms with Crippen molar-refractivity contribution in [3.63, 3.8) is 0 Å². The molecule has 0 radical (unpaired) electrons. The van der Waals surface area contributed by atoms with Crippen LogP contribution >= 0.6 is 11.6 Å². The lowest BCUT2D eigenvalue weighted by Gasteiger charge is -2.27. The zero-order valence-electron chi connectivity index (χ0n) is 15.0. The van der Waals surface area contributed by atoms with Crippen molar-refractivity contribution in [2.45, 2.75) is 26.3 Å². The van der Waals surface area contributed by atoms with Gasteiger partial charge >= 0.3 is 0 Å². The van der Waals surface area contributed by atoms with Gasteiger partial charge in [-0.25, -0.2) is 0 Å². The molecular formula is C22H24ClN2O+. The summed E-state index contributed by atoms with van der Waals surface area (Å²) in [6.45, 7) is 5.33.